The number of methoxy groups -OCH3 is 1. The Morgan fingerprint density at radius 3 is 2.15 bits per heavy atom. The number of nitrogens with zero attached hydrogens (tertiary/aromatic N) is 1. The zero-order valence-corrected chi connectivity index (χ0v) is 17.1. The SMILES string of the molecule is COc1ccc(NC(=O)COc2c(Cl)c(Cl)c(Cl)c(Cl)c2Cl)c([N+](=O)[O-])c1. The van der Waals surface area contributed by atoms with E-state index in [1.807, 2.05) is 0 Å². The smallest absolute Gasteiger partial charge is 0.296 e. The number of ether oxygens (including phenoxy) is 2. The normalized spacial score (nSPS) is 10.4. The fraction of sp³-hybridized carbons (Fsp3) is 0.133. The lowest BCUT2D eigenvalue weighted by atomic mass is 10.2. The fourth-order valence-corrected chi connectivity index (χ4v) is 3.16. The molecule has 0 bridgehead atoms. The first kappa shape index (κ1) is 21.7. The topological polar surface area (TPSA) is 90.7 Å². The first-order valence-electron chi connectivity index (χ1n) is 6.93. The van der Waals surface area contributed by atoms with E-state index in [-0.39, 0.29) is 48.0 Å². The third kappa shape index (κ3) is 4.80. The van der Waals surface area contributed by atoms with Crippen LogP contribution in [-0.2, 0) is 4.79 Å². The van der Waals surface area contributed by atoms with Gasteiger partial charge in [-0.3, -0.25) is 14.9 Å². The van der Waals surface area contributed by atoms with Crippen LogP contribution in [0, 0.1) is 10.1 Å². The second-order valence-corrected chi connectivity index (χ2v) is 6.77. The number of anilines is 1. The number of nitro benzene ring substituents is 1. The molecule has 0 saturated heterocycles. The molecule has 0 aliphatic rings. The summed E-state index contributed by atoms with van der Waals surface area (Å²) in [5.74, 6) is -0.588. The van der Waals surface area contributed by atoms with Crippen LogP contribution in [0.2, 0.25) is 25.1 Å². The molecule has 2 rings (SSSR count). The summed E-state index contributed by atoms with van der Waals surface area (Å²) < 4.78 is 10.2. The van der Waals surface area contributed by atoms with Gasteiger partial charge < -0.3 is 14.8 Å². The minimum Gasteiger partial charge on any atom is -0.496 e. The molecule has 2 aromatic carbocycles. The molecule has 0 unspecified atom stereocenters. The van der Waals surface area contributed by atoms with E-state index in [0.717, 1.165) is 0 Å². The van der Waals surface area contributed by atoms with Gasteiger partial charge in [-0.1, -0.05) is 58.0 Å². The van der Waals surface area contributed by atoms with Crippen LogP contribution in [0.4, 0.5) is 11.4 Å². The Bertz CT molecular complexity index is 893. The first-order valence-corrected chi connectivity index (χ1v) is 8.82. The van der Waals surface area contributed by atoms with Crippen molar-refractivity contribution in [3.63, 3.8) is 0 Å². The van der Waals surface area contributed by atoms with Gasteiger partial charge in [-0.05, 0) is 12.1 Å². The number of hydrogen-bond acceptors (Lipinski definition) is 5. The summed E-state index contributed by atoms with van der Waals surface area (Å²) in [4.78, 5) is 22.6. The maximum Gasteiger partial charge on any atom is 0.296 e. The largest absolute Gasteiger partial charge is 0.496 e. The molecule has 0 radical (unpaired) electrons. The molecule has 0 fully saturated rings. The predicted octanol–water partition coefficient (Wildman–Crippen LogP) is 5.89. The van der Waals surface area contributed by atoms with Crippen LogP contribution >= 0.6 is 58.0 Å². The molecule has 0 saturated carbocycles. The van der Waals surface area contributed by atoms with Gasteiger partial charge in [-0.2, -0.15) is 0 Å². The van der Waals surface area contributed by atoms with Crippen molar-refractivity contribution in [2.75, 3.05) is 19.0 Å². The number of hydrogen-bond donors (Lipinski definition) is 1. The van der Waals surface area contributed by atoms with E-state index in [2.05, 4.69) is 5.32 Å². The highest BCUT2D eigenvalue weighted by molar-refractivity contribution is 6.55. The highest BCUT2D eigenvalue weighted by Crippen LogP contribution is 2.48. The zero-order chi connectivity index (χ0) is 20.3. The number of carbonyl (C=O) groups excluding carboxylic acids is 1. The maximum absolute atomic E-state index is 12.1. The van der Waals surface area contributed by atoms with Crippen molar-refractivity contribution in [1.82, 2.24) is 0 Å². The van der Waals surface area contributed by atoms with Gasteiger partial charge in [0.15, 0.2) is 12.4 Å². The van der Waals surface area contributed by atoms with E-state index in [1.54, 1.807) is 0 Å². The molecule has 0 spiro atoms. The van der Waals surface area contributed by atoms with Crippen molar-refractivity contribution in [1.29, 1.82) is 0 Å². The van der Waals surface area contributed by atoms with E-state index < -0.39 is 17.4 Å². The summed E-state index contributed by atoms with van der Waals surface area (Å²) in [5, 5.41) is 13.0. The highest BCUT2D eigenvalue weighted by Gasteiger charge is 2.22. The zero-order valence-electron chi connectivity index (χ0n) is 13.3. The minimum atomic E-state index is -0.711. The fourth-order valence-electron chi connectivity index (χ4n) is 1.93. The minimum absolute atomic E-state index is 0.0428. The molecule has 0 atom stereocenters. The molecule has 7 nitrogen and oxygen atoms in total. The molecule has 12 heteroatoms. The number of rotatable bonds is 6. The standard InChI is InChI=1S/C15H9Cl5N2O5/c1-26-6-2-3-7(8(4-6)22(24)25)21-9(23)5-27-15-13(19)11(17)10(16)12(18)14(15)20/h2-4H,5H2,1H3,(H,21,23). The van der Waals surface area contributed by atoms with Gasteiger partial charge in [0.2, 0.25) is 0 Å². The lowest BCUT2D eigenvalue weighted by molar-refractivity contribution is -0.384. The molecule has 144 valence electrons. The van der Waals surface area contributed by atoms with Crippen LogP contribution in [0.1, 0.15) is 0 Å². The van der Waals surface area contributed by atoms with E-state index in [9.17, 15) is 14.9 Å². The molecule has 0 heterocycles. The Balaban J connectivity index is 2.18. The molecular weight excluding hydrogens is 465 g/mol. The molecule has 27 heavy (non-hydrogen) atoms. The monoisotopic (exact) mass is 472 g/mol. The third-order valence-corrected chi connectivity index (χ3v) is 5.43. The van der Waals surface area contributed by atoms with Crippen LogP contribution in [0.3, 0.4) is 0 Å². The average Bonchev–Trinajstić information content (AvgIpc) is 2.64. The second-order valence-electron chi connectivity index (χ2n) is 4.88. The lowest BCUT2D eigenvalue weighted by Gasteiger charge is -2.13. The Morgan fingerprint density at radius 2 is 1.63 bits per heavy atom. The van der Waals surface area contributed by atoms with E-state index in [1.165, 1.54) is 25.3 Å². The van der Waals surface area contributed by atoms with Gasteiger partial charge in [-0.15, -0.1) is 0 Å². The van der Waals surface area contributed by atoms with Crippen LogP contribution in [-0.4, -0.2) is 24.5 Å². The lowest BCUT2D eigenvalue weighted by Crippen LogP contribution is -2.21. The van der Waals surface area contributed by atoms with Crippen molar-refractivity contribution in [2.24, 2.45) is 0 Å². The summed E-state index contributed by atoms with van der Waals surface area (Å²) in [7, 11) is 1.36. The van der Waals surface area contributed by atoms with Crippen molar-refractivity contribution in [2.45, 2.75) is 0 Å². The molecule has 1 amide bonds. The molecule has 0 aliphatic heterocycles. The summed E-state index contributed by atoms with van der Waals surface area (Å²) in [5.41, 5.74) is -0.393. The highest BCUT2D eigenvalue weighted by atomic mass is 35.5. The van der Waals surface area contributed by atoms with Gasteiger partial charge in [0.05, 0.1) is 33.2 Å². The number of amides is 1. The van der Waals surface area contributed by atoms with Crippen LogP contribution in [0.15, 0.2) is 18.2 Å². The van der Waals surface area contributed by atoms with Gasteiger partial charge in [0.1, 0.15) is 21.5 Å². The number of nitro groups is 1. The van der Waals surface area contributed by atoms with Gasteiger partial charge in [0.25, 0.3) is 11.6 Å². The van der Waals surface area contributed by atoms with Gasteiger partial charge in [0, 0.05) is 0 Å². The molecule has 1 N–H and O–H groups in total. The predicted molar refractivity (Wildman–Crippen MR) is 105 cm³/mol. The maximum atomic E-state index is 12.1. The van der Waals surface area contributed by atoms with Crippen LogP contribution in [0.5, 0.6) is 11.5 Å². The molecule has 2 aromatic rings. The van der Waals surface area contributed by atoms with Crippen molar-refractivity contribution >= 4 is 75.3 Å². The van der Waals surface area contributed by atoms with Crippen molar-refractivity contribution < 1.29 is 19.2 Å². The summed E-state index contributed by atoms with van der Waals surface area (Å²) in [6.45, 7) is -0.573. The van der Waals surface area contributed by atoms with E-state index >= 15 is 0 Å². The Labute approximate surface area is 178 Å². The quantitative estimate of drug-likeness (QED) is 0.244. The molecule has 0 aromatic heterocycles. The van der Waals surface area contributed by atoms with Crippen LogP contribution in [0.25, 0.3) is 0 Å². The summed E-state index contributed by atoms with van der Waals surface area (Å²) >= 11 is 29.7. The molecule has 0 aliphatic carbocycles. The third-order valence-electron chi connectivity index (χ3n) is 3.19. The summed E-state index contributed by atoms with van der Waals surface area (Å²) in [6, 6.07) is 3.95. The number of halogens is 5. The first-order chi connectivity index (χ1) is 12.7. The summed E-state index contributed by atoms with van der Waals surface area (Å²) in [6.07, 6.45) is 0. The van der Waals surface area contributed by atoms with Crippen molar-refractivity contribution in [3.05, 3.63) is 53.4 Å². The number of nitrogens with one attached hydrogen (secondary N) is 1. The van der Waals surface area contributed by atoms with Gasteiger partial charge in [-0.25, -0.2) is 0 Å². The second kappa shape index (κ2) is 9.03. The van der Waals surface area contributed by atoms with E-state index in [4.69, 9.17) is 67.5 Å². The Kier molecular flexibility index (Phi) is 7.25. The van der Waals surface area contributed by atoms with Crippen LogP contribution < -0.4 is 14.8 Å². The van der Waals surface area contributed by atoms with Crippen molar-refractivity contribution in [3.8, 4) is 11.5 Å². The number of benzene rings is 2. The van der Waals surface area contributed by atoms with Gasteiger partial charge >= 0.3 is 0 Å². The number of carbonyl (C=O) groups is 1. The molecular formula is C15H9Cl5N2O5. The Hall–Kier alpha value is -1.64. The Morgan fingerprint density at radius 1 is 1.07 bits per heavy atom. The van der Waals surface area contributed by atoms with E-state index in [0.29, 0.717) is 0 Å². The average molecular weight is 475 g/mol.